The van der Waals surface area contributed by atoms with E-state index in [1.54, 1.807) is 0 Å². The van der Waals surface area contributed by atoms with Gasteiger partial charge in [-0.1, -0.05) is 12.1 Å². The van der Waals surface area contributed by atoms with Crippen molar-refractivity contribution in [3.05, 3.63) is 24.3 Å². The highest BCUT2D eigenvalue weighted by atomic mass is 32.2. The van der Waals surface area contributed by atoms with Crippen LogP contribution < -0.4 is 15.4 Å². The minimum Gasteiger partial charge on any atom is -0.492 e. The zero-order valence-corrected chi connectivity index (χ0v) is 13.8. The molecule has 6 heteroatoms. The lowest BCUT2D eigenvalue weighted by molar-refractivity contribution is 0.100. The van der Waals surface area contributed by atoms with Crippen LogP contribution in [0, 0.1) is 0 Å². The predicted molar refractivity (Wildman–Crippen MR) is 90.9 cm³/mol. The van der Waals surface area contributed by atoms with Gasteiger partial charge in [0.15, 0.2) is 0 Å². The van der Waals surface area contributed by atoms with Crippen LogP contribution in [0.4, 0.5) is 10.5 Å². The van der Waals surface area contributed by atoms with Gasteiger partial charge < -0.3 is 20.1 Å². The fourth-order valence-corrected chi connectivity index (χ4v) is 3.33. The number of para-hydroxylation sites is 2. The predicted octanol–water partition coefficient (Wildman–Crippen LogP) is 3.12. The van der Waals surface area contributed by atoms with Gasteiger partial charge in [-0.15, -0.1) is 0 Å². The third kappa shape index (κ3) is 5.77. The number of amides is 2. The Morgan fingerprint density at radius 1 is 1.36 bits per heavy atom. The summed E-state index contributed by atoms with van der Waals surface area (Å²) in [7, 11) is 0. The molecule has 1 fully saturated rings. The fraction of sp³-hybridized carbons (Fsp3) is 0.562. The van der Waals surface area contributed by atoms with E-state index >= 15 is 0 Å². The molecule has 122 valence electrons. The van der Waals surface area contributed by atoms with Crippen molar-refractivity contribution in [1.29, 1.82) is 0 Å². The summed E-state index contributed by atoms with van der Waals surface area (Å²) in [5, 5.41) is 6.38. The summed E-state index contributed by atoms with van der Waals surface area (Å²) in [6.45, 7) is 4.87. The molecule has 5 nitrogen and oxygen atoms in total. The molecule has 1 aromatic carbocycles. The number of anilines is 1. The second-order valence-corrected chi connectivity index (χ2v) is 6.40. The Hall–Kier alpha value is -1.40. The average molecular weight is 324 g/mol. The van der Waals surface area contributed by atoms with Crippen molar-refractivity contribution in [2.45, 2.75) is 25.0 Å². The van der Waals surface area contributed by atoms with Gasteiger partial charge in [0.05, 0.1) is 12.3 Å². The lowest BCUT2D eigenvalue weighted by Gasteiger charge is -2.21. The number of carbonyl (C=O) groups excluding carboxylic acids is 1. The van der Waals surface area contributed by atoms with Crippen LogP contribution in [0.25, 0.3) is 0 Å². The zero-order valence-electron chi connectivity index (χ0n) is 13.0. The van der Waals surface area contributed by atoms with E-state index in [4.69, 9.17) is 9.47 Å². The lowest BCUT2D eigenvalue weighted by atomic mass is 10.2. The second-order valence-electron chi connectivity index (χ2n) is 4.99. The Balaban J connectivity index is 1.67. The van der Waals surface area contributed by atoms with Crippen molar-refractivity contribution in [2.75, 3.05) is 37.4 Å². The Bertz CT molecular complexity index is 464. The molecule has 22 heavy (non-hydrogen) atoms. The highest BCUT2D eigenvalue weighted by Crippen LogP contribution is 2.23. The topological polar surface area (TPSA) is 59.6 Å². The summed E-state index contributed by atoms with van der Waals surface area (Å²) in [5.74, 6) is 1.61. The number of thioether (sulfide) groups is 1. The van der Waals surface area contributed by atoms with Crippen molar-refractivity contribution in [3.63, 3.8) is 0 Å². The van der Waals surface area contributed by atoms with E-state index in [2.05, 4.69) is 10.6 Å². The van der Waals surface area contributed by atoms with E-state index in [0.717, 1.165) is 31.8 Å². The Labute approximate surface area is 136 Å². The monoisotopic (exact) mass is 324 g/mol. The highest BCUT2D eigenvalue weighted by molar-refractivity contribution is 7.99. The number of urea groups is 1. The highest BCUT2D eigenvalue weighted by Gasteiger charge is 2.13. The van der Waals surface area contributed by atoms with Gasteiger partial charge in [0.2, 0.25) is 0 Å². The smallest absolute Gasteiger partial charge is 0.319 e. The maximum atomic E-state index is 11.9. The summed E-state index contributed by atoms with van der Waals surface area (Å²) < 4.78 is 10.8. The van der Waals surface area contributed by atoms with Crippen molar-refractivity contribution >= 4 is 23.5 Å². The van der Waals surface area contributed by atoms with Gasteiger partial charge in [-0.25, -0.2) is 4.79 Å². The summed E-state index contributed by atoms with van der Waals surface area (Å²) in [5.41, 5.74) is 0.693. The minimum atomic E-state index is -0.195. The first-order valence-corrected chi connectivity index (χ1v) is 8.80. The molecule has 1 saturated heterocycles. The van der Waals surface area contributed by atoms with E-state index in [1.165, 1.54) is 0 Å². The maximum Gasteiger partial charge on any atom is 0.319 e. The van der Waals surface area contributed by atoms with E-state index < -0.39 is 0 Å². The summed E-state index contributed by atoms with van der Waals surface area (Å²) >= 11 is 1.91. The number of hydrogen-bond donors (Lipinski definition) is 2. The van der Waals surface area contributed by atoms with Crippen molar-refractivity contribution in [3.8, 4) is 5.75 Å². The normalized spacial score (nSPS) is 15.3. The fourth-order valence-electron chi connectivity index (χ4n) is 2.25. The van der Waals surface area contributed by atoms with Crippen LogP contribution in [-0.2, 0) is 4.74 Å². The summed E-state index contributed by atoms with van der Waals surface area (Å²) in [6, 6.07) is 7.25. The third-order valence-electron chi connectivity index (χ3n) is 3.34. The molecule has 0 aromatic heterocycles. The van der Waals surface area contributed by atoms with Crippen molar-refractivity contribution in [2.24, 2.45) is 0 Å². The number of rotatable bonds is 7. The first-order chi connectivity index (χ1) is 10.8. The third-order valence-corrected chi connectivity index (χ3v) is 4.73. The number of hydrogen-bond acceptors (Lipinski definition) is 4. The van der Waals surface area contributed by atoms with Crippen molar-refractivity contribution < 1.29 is 14.3 Å². The zero-order chi connectivity index (χ0) is 15.6. The van der Waals surface area contributed by atoms with E-state index in [1.807, 2.05) is 43.0 Å². The van der Waals surface area contributed by atoms with Gasteiger partial charge >= 0.3 is 6.03 Å². The van der Waals surface area contributed by atoms with E-state index in [0.29, 0.717) is 29.8 Å². The molecule has 0 radical (unpaired) electrons. The van der Waals surface area contributed by atoms with Gasteiger partial charge in [0.1, 0.15) is 5.75 Å². The largest absolute Gasteiger partial charge is 0.492 e. The molecule has 0 unspecified atom stereocenters. The second kappa shape index (κ2) is 9.58. The molecule has 1 heterocycles. The van der Waals surface area contributed by atoms with Gasteiger partial charge in [-0.3, -0.25) is 0 Å². The molecule has 0 bridgehead atoms. The Kier molecular flexibility index (Phi) is 7.39. The van der Waals surface area contributed by atoms with Crippen LogP contribution in [0.15, 0.2) is 24.3 Å². The molecule has 1 aliphatic rings. The molecule has 1 aliphatic heterocycles. The average Bonchev–Trinajstić information content (AvgIpc) is 2.55. The minimum absolute atomic E-state index is 0.195. The molecule has 2 rings (SSSR count). The summed E-state index contributed by atoms with van der Waals surface area (Å²) in [6.07, 6.45) is 2.22. The number of carbonyl (C=O) groups is 1. The molecule has 0 atom stereocenters. The summed E-state index contributed by atoms with van der Waals surface area (Å²) in [4.78, 5) is 11.9. The maximum absolute atomic E-state index is 11.9. The molecule has 0 spiro atoms. The van der Waals surface area contributed by atoms with Crippen LogP contribution in [-0.4, -0.2) is 43.4 Å². The molecule has 1 aromatic rings. The Morgan fingerprint density at radius 2 is 2.14 bits per heavy atom. The quantitative estimate of drug-likeness (QED) is 0.757. The van der Waals surface area contributed by atoms with Gasteiger partial charge in [-0.2, -0.15) is 11.8 Å². The van der Waals surface area contributed by atoms with Crippen LogP contribution in [0.1, 0.15) is 19.8 Å². The van der Waals surface area contributed by atoms with Gasteiger partial charge in [0.25, 0.3) is 0 Å². The van der Waals surface area contributed by atoms with E-state index in [9.17, 15) is 4.79 Å². The first kappa shape index (κ1) is 17.0. The van der Waals surface area contributed by atoms with Gasteiger partial charge in [0, 0.05) is 30.8 Å². The Morgan fingerprint density at radius 3 is 2.91 bits per heavy atom. The van der Waals surface area contributed by atoms with Crippen molar-refractivity contribution in [1.82, 2.24) is 5.32 Å². The first-order valence-electron chi connectivity index (χ1n) is 7.75. The number of benzene rings is 1. The SMILES string of the molecule is CCOc1ccccc1NC(=O)NCCSC1CCOCC1. The van der Waals surface area contributed by atoms with Crippen LogP contribution in [0.5, 0.6) is 5.75 Å². The molecule has 2 N–H and O–H groups in total. The van der Waals surface area contributed by atoms with Crippen LogP contribution in [0.3, 0.4) is 0 Å². The lowest BCUT2D eigenvalue weighted by Crippen LogP contribution is -2.31. The van der Waals surface area contributed by atoms with Gasteiger partial charge in [-0.05, 0) is 31.9 Å². The number of ether oxygens (including phenoxy) is 2. The van der Waals surface area contributed by atoms with E-state index in [-0.39, 0.29) is 6.03 Å². The van der Waals surface area contributed by atoms with Crippen LogP contribution in [0.2, 0.25) is 0 Å². The molecular weight excluding hydrogens is 300 g/mol. The molecule has 2 amide bonds. The molecule has 0 aliphatic carbocycles. The standard InChI is InChI=1S/C16H24N2O3S/c1-2-21-15-6-4-3-5-14(15)18-16(19)17-9-12-22-13-7-10-20-11-8-13/h3-6,13H,2,7-12H2,1H3,(H2,17,18,19). The van der Waals surface area contributed by atoms with Crippen LogP contribution >= 0.6 is 11.8 Å². The molecule has 0 saturated carbocycles. The molecular formula is C16H24N2O3S. The number of nitrogens with one attached hydrogen (secondary N) is 2.